The topological polar surface area (TPSA) is 92.3 Å². The van der Waals surface area contributed by atoms with Gasteiger partial charge in [-0.05, 0) is 50.1 Å². The predicted octanol–water partition coefficient (Wildman–Crippen LogP) is 2.38. The van der Waals surface area contributed by atoms with Gasteiger partial charge in [-0.15, -0.1) is 0 Å². The second kappa shape index (κ2) is 8.15. The molecule has 7 nitrogen and oxygen atoms in total. The highest BCUT2D eigenvalue weighted by Gasteiger charge is 2.27. The van der Waals surface area contributed by atoms with Crippen LogP contribution in [0.15, 0.2) is 52.8 Å². The van der Waals surface area contributed by atoms with Crippen LogP contribution in [0.4, 0.5) is 5.69 Å². The molecule has 0 bridgehead atoms. The summed E-state index contributed by atoms with van der Waals surface area (Å²) in [5.74, 6) is -0.197. The Balaban J connectivity index is 1.62. The summed E-state index contributed by atoms with van der Waals surface area (Å²) in [5, 5.41) is 2.93. The van der Waals surface area contributed by atoms with Crippen molar-refractivity contribution in [2.45, 2.75) is 35.1 Å². The molecular weight excluding hydrogens is 372 g/mol. The zero-order valence-electron chi connectivity index (χ0n) is 14.3. The van der Waals surface area contributed by atoms with Crippen LogP contribution in [0.1, 0.15) is 19.8 Å². The van der Waals surface area contributed by atoms with Crippen LogP contribution in [0.2, 0.25) is 0 Å². The van der Waals surface area contributed by atoms with E-state index in [0.717, 1.165) is 12.8 Å². The first kappa shape index (κ1) is 18.8. The average Bonchev–Trinajstić information content (AvgIpc) is 3.18. The Kier molecular flexibility index (Phi) is 5.90. The largest absolute Gasteiger partial charge is 0.325 e. The van der Waals surface area contributed by atoms with E-state index in [1.807, 2.05) is 0 Å². The fourth-order valence-electron chi connectivity index (χ4n) is 2.59. The third-order valence-electron chi connectivity index (χ3n) is 4.02. The summed E-state index contributed by atoms with van der Waals surface area (Å²) in [4.78, 5) is 20.7. The molecule has 26 heavy (non-hydrogen) atoms. The minimum atomic E-state index is -3.44. The molecule has 0 saturated carbocycles. The number of rotatable bonds is 6. The van der Waals surface area contributed by atoms with E-state index in [4.69, 9.17) is 0 Å². The lowest BCUT2D eigenvalue weighted by Crippen LogP contribution is -2.27. The van der Waals surface area contributed by atoms with Crippen LogP contribution in [-0.2, 0) is 14.8 Å². The van der Waals surface area contributed by atoms with Gasteiger partial charge >= 0.3 is 0 Å². The molecule has 1 fully saturated rings. The summed E-state index contributed by atoms with van der Waals surface area (Å²) in [5.41, 5.74) is 0.553. The normalized spacial score (nSPS) is 16.3. The highest BCUT2D eigenvalue weighted by Crippen LogP contribution is 2.23. The Hall–Kier alpha value is -1.97. The van der Waals surface area contributed by atoms with Crippen LogP contribution in [0, 0.1) is 0 Å². The summed E-state index contributed by atoms with van der Waals surface area (Å²) in [6, 6.07) is 7.99. The van der Waals surface area contributed by atoms with Crippen LogP contribution < -0.4 is 5.32 Å². The number of amides is 1. The van der Waals surface area contributed by atoms with Crippen molar-refractivity contribution in [2.24, 2.45) is 0 Å². The molecule has 1 saturated heterocycles. The second-order valence-corrected chi connectivity index (χ2v) is 9.16. The van der Waals surface area contributed by atoms with Gasteiger partial charge in [0.1, 0.15) is 0 Å². The summed E-state index contributed by atoms with van der Waals surface area (Å²) in [6.07, 6.45) is 5.04. The number of hydrogen-bond donors (Lipinski definition) is 1. The van der Waals surface area contributed by atoms with Crippen LogP contribution in [0.25, 0.3) is 0 Å². The van der Waals surface area contributed by atoms with Gasteiger partial charge in [0, 0.05) is 31.2 Å². The van der Waals surface area contributed by atoms with Crippen molar-refractivity contribution >= 4 is 33.4 Å². The molecule has 0 spiro atoms. The van der Waals surface area contributed by atoms with E-state index in [-0.39, 0.29) is 16.1 Å². The molecule has 1 atom stereocenters. The molecule has 1 amide bonds. The molecule has 1 N–H and O–H groups in total. The lowest BCUT2D eigenvalue weighted by atomic mass is 10.3. The first-order chi connectivity index (χ1) is 12.5. The standard InChI is InChI=1S/C17H20N4O3S2/c1-13(25-17-18-9-4-10-19-17)16(22)20-14-5-7-15(8-6-14)26(23,24)21-11-2-3-12-21/h4-10,13H,2-3,11-12H2,1H3,(H,20,22)/t13-/m0/s1. The number of aromatic nitrogens is 2. The van der Waals surface area contributed by atoms with Gasteiger partial charge in [0.25, 0.3) is 0 Å². The van der Waals surface area contributed by atoms with Gasteiger partial charge in [0.15, 0.2) is 5.16 Å². The number of carbonyl (C=O) groups excluding carboxylic acids is 1. The molecule has 2 aromatic rings. The molecule has 0 unspecified atom stereocenters. The number of carbonyl (C=O) groups is 1. The molecule has 1 aliphatic heterocycles. The molecule has 3 rings (SSSR count). The fraction of sp³-hybridized carbons (Fsp3) is 0.353. The first-order valence-electron chi connectivity index (χ1n) is 8.31. The predicted molar refractivity (Wildman–Crippen MR) is 100 cm³/mol. The number of anilines is 1. The molecular formula is C17H20N4O3S2. The van der Waals surface area contributed by atoms with Crippen LogP contribution in [0.5, 0.6) is 0 Å². The van der Waals surface area contributed by atoms with Crippen LogP contribution in [-0.4, -0.2) is 46.9 Å². The molecule has 1 aliphatic rings. The van der Waals surface area contributed by atoms with Crippen molar-refractivity contribution < 1.29 is 13.2 Å². The Morgan fingerprint density at radius 1 is 1.15 bits per heavy atom. The summed E-state index contributed by atoms with van der Waals surface area (Å²) >= 11 is 1.26. The third kappa shape index (κ3) is 4.40. The molecule has 9 heteroatoms. The molecule has 1 aromatic carbocycles. The zero-order valence-corrected chi connectivity index (χ0v) is 16.0. The van der Waals surface area contributed by atoms with Gasteiger partial charge in [-0.25, -0.2) is 18.4 Å². The quantitative estimate of drug-likeness (QED) is 0.599. The highest BCUT2D eigenvalue weighted by atomic mass is 32.2. The first-order valence-corrected chi connectivity index (χ1v) is 10.6. The zero-order chi connectivity index (χ0) is 18.6. The van der Waals surface area contributed by atoms with Crippen LogP contribution >= 0.6 is 11.8 Å². The lowest BCUT2D eigenvalue weighted by Gasteiger charge is -2.16. The number of sulfonamides is 1. The Morgan fingerprint density at radius 3 is 2.38 bits per heavy atom. The number of benzene rings is 1. The minimum Gasteiger partial charge on any atom is -0.325 e. The van der Waals surface area contributed by atoms with Crippen molar-refractivity contribution in [1.82, 2.24) is 14.3 Å². The van der Waals surface area contributed by atoms with Gasteiger partial charge in [0.05, 0.1) is 10.1 Å². The Labute approximate surface area is 157 Å². The van der Waals surface area contributed by atoms with Gasteiger partial charge < -0.3 is 5.32 Å². The smallest absolute Gasteiger partial charge is 0.243 e. The Bertz CT molecular complexity index is 851. The van der Waals surface area contributed by atoms with E-state index in [0.29, 0.717) is 23.9 Å². The van der Waals surface area contributed by atoms with Gasteiger partial charge in [0.2, 0.25) is 15.9 Å². The molecule has 2 heterocycles. The summed E-state index contributed by atoms with van der Waals surface area (Å²) < 4.78 is 26.5. The van der Waals surface area contributed by atoms with Crippen molar-refractivity contribution in [1.29, 1.82) is 0 Å². The molecule has 1 aromatic heterocycles. The monoisotopic (exact) mass is 392 g/mol. The maximum atomic E-state index is 12.5. The van der Waals surface area contributed by atoms with Crippen LogP contribution in [0.3, 0.4) is 0 Å². The van der Waals surface area contributed by atoms with Gasteiger partial charge in [-0.3, -0.25) is 4.79 Å². The van der Waals surface area contributed by atoms with Crippen molar-refractivity contribution in [3.05, 3.63) is 42.7 Å². The number of hydrogen-bond acceptors (Lipinski definition) is 6. The van der Waals surface area contributed by atoms with E-state index < -0.39 is 10.0 Å². The van der Waals surface area contributed by atoms with Crippen molar-refractivity contribution in [3.8, 4) is 0 Å². The number of thioether (sulfide) groups is 1. The Morgan fingerprint density at radius 2 is 1.77 bits per heavy atom. The lowest BCUT2D eigenvalue weighted by molar-refractivity contribution is -0.115. The van der Waals surface area contributed by atoms with E-state index in [9.17, 15) is 13.2 Å². The average molecular weight is 393 g/mol. The summed E-state index contributed by atoms with van der Waals surface area (Å²) in [6.45, 7) is 2.90. The molecule has 138 valence electrons. The second-order valence-electron chi connectivity index (χ2n) is 5.92. The van der Waals surface area contributed by atoms with Crippen molar-refractivity contribution in [2.75, 3.05) is 18.4 Å². The minimum absolute atomic E-state index is 0.197. The van der Waals surface area contributed by atoms with Gasteiger partial charge in [-0.2, -0.15) is 4.31 Å². The van der Waals surface area contributed by atoms with Crippen molar-refractivity contribution in [3.63, 3.8) is 0 Å². The molecule has 0 aliphatic carbocycles. The molecule has 0 radical (unpaired) electrons. The number of nitrogens with one attached hydrogen (secondary N) is 1. The fourth-order valence-corrected chi connectivity index (χ4v) is 4.83. The SMILES string of the molecule is C[C@H](Sc1ncccn1)C(=O)Nc1ccc(S(=O)(=O)N2CCCC2)cc1. The third-order valence-corrected chi connectivity index (χ3v) is 6.92. The maximum Gasteiger partial charge on any atom is 0.243 e. The van der Waals surface area contributed by atoms with Gasteiger partial charge in [-0.1, -0.05) is 11.8 Å². The van der Waals surface area contributed by atoms with E-state index in [2.05, 4.69) is 15.3 Å². The van der Waals surface area contributed by atoms with E-state index >= 15 is 0 Å². The number of nitrogens with zero attached hydrogens (tertiary/aromatic N) is 3. The summed E-state index contributed by atoms with van der Waals surface area (Å²) in [7, 11) is -3.44. The van der Waals surface area contributed by atoms with E-state index in [1.54, 1.807) is 37.5 Å². The maximum absolute atomic E-state index is 12.5. The van der Waals surface area contributed by atoms with E-state index in [1.165, 1.54) is 28.2 Å². The highest BCUT2D eigenvalue weighted by molar-refractivity contribution is 8.00.